The van der Waals surface area contributed by atoms with Gasteiger partial charge in [0.05, 0.1) is 0 Å². The predicted octanol–water partition coefficient (Wildman–Crippen LogP) is 1.28. The van der Waals surface area contributed by atoms with Crippen LogP contribution in [0, 0.1) is 11.8 Å². The fourth-order valence-corrected chi connectivity index (χ4v) is 2.53. The third kappa shape index (κ3) is 3.05. The van der Waals surface area contributed by atoms with Crippen molar-refractivity contribution in [3.8, 4) is 0 Å². The van der Waals surface area contributed by atoms with Crippen LogP contribution in [0.1, 0.15) is 33.1 Å². The van der Waals surface area contributed by atoms with Crippen molar-refractivity contribution in [2.75, 3.05) is 20.1 Å². The Bertz CT molecular complexity index is 261. The largest absolute Gasteiger partial charge is 0.310 e. The van der Waals surface area contributed by atoms with E-state index in [1.54, 1.807) is 0 Å². The van der Waals surface area contributed by atoms with Crippen molar-refractivity contribution in [3.05, 3.63) is 0 Å². The minimum Gasteiger partial charge on any atom is -0.310 e. The Balaban J connectivity index is 1.87. The van der Waals surface area contributed by atoms with Crippen molar-refractivity contribution in [2.45, 2.75) is 45.2 Å². The average Bonchev–Trinajstić information content (AvgIpc) is 2.93. The summed E-state index contributed by atoms with van der Waals surface area (Å²) in [6, 6.07) is 1.29. The maximum atomic E-state index is 11.8. The first kappa shape index (κ1) is 12.1. The van der Waals surface area contributed by atoms with E-state index in [0.29, 0.717) is 17.7 Å². The summed E-state index contributed by atoms with van der Waals surface area (Å²) in [5, 5.41) is 3.68. The standard InChI is InChI=1S/C13H24N2O/c1-9(2)13(16)6-10-7-15(3)8-12(10)14-11-4-5-11/h9-12,14H,4-8H2,1-3H3. The van der Waals surface area contributed by atoms with Gasteiger partial charge in [-0.1, -0.05) is 13.8 Å². The molecule has 0 radical (unpaired) electrons. The smallest absolute Gasteiger partial charge is 0.135 e. The molecule has 1 heterocycles. The van der Waals surface area contributed by atoms with Crippen LogP contribution in [0.3, 0.4) is 0 Å². The average molecular weight is 224 g/mol. The molecule has 1 aliphatic heterocycles. The van der Waals surface area contributed by atoms with Crippen molar-refractivity contribution in [1.29, 1.82) is 0 Å². The monoisotopic (exact) mass is 224 g/mol. The minimum absolute atomic E-state index is 0.187. The van der Waals surface area contributed by atoms with Gasteiger partial charge in [0, 0.05) is 37.5 Å². The number of likely N-dealkylation sites (N-methyl/N-ethyl adjacent to an activating group) is 1. The van der Waals surface area contributed by atoms with Gasteiger partial charge < -0.3 is 10.2 Å². The molecule has 2 unspecified atom stereocenters. The van der Waals surface area contributed by atoms with Crippen LogP contribution in [-0.2, 0) is 4.79 Å². The van der Waals surface area contributed by atoms with Crippen molar-refractivity contribution in [2.24, 2.45) is 11.8 Å². The lowest BCUT2D eigenvalue weighted by molar-refractivity contribution is -0.122. The van der Waals surface area contributed by atoms with Crippen LogP contribution >= 0.6 is 0 Å². The van der Waals surface area contributed by atoms with E-state index >= 15 is 0 Å². The van der Waals surface area contributed by atoms with Crippen molar-refractivity contribution < 1.29 is 4.79 Å². The van der Waals surface area contributed by atoms with Gasteiger partial charge in [-0.25, -0.2) is 0 Å². The highest BCUT2D eigenvalue weighted by atomic mass is 16.1. The topological polar surface area (TPSA) is 32.3 Å². The van der Waals surface area contributed by atoms with E-state index in [0.717, 1.165) is 25.6 Å². The molecule has 3 heteroatoms. The lowest BCUT2D eigenvalue weighted by Crippen LogP contribution is -2.38. The minimum atomic E-state index is 0.187. The van der Waals surface area contributed by atoms with Gasteiger partial charge in [0.1, 0.15) is 5.78 Å². The van der Waals surface area contributed by atoms with Crippen molar-refractivity contribution in [3.63, 3.8) is 0 Å². The number of hydrogen-bond donors (Lipinski definition) is 1. The van der Waals surface area contributed by atoms with Gasteiger partial charge in [-0.2, -0.15) is 0 Å². The molecule has 0 bridgehead atoms. The first-order chi connectivity index (χ1) is 7.56. The number of nitrogens with zero attached hydrogens (tertiary/aromatic N) is 1. The van der Waals surface area contributed by atoms with Gasteiger partial charge in [0.25, 0.3) is 0 Å². The fraction of sp³-hybridized carbons (Fsp3) is 0.923. The second-order valence-corrected chi connectivity index (χ2v) is 5.85. The zero-order valence-electron chi connectivity index (χ0n) is 10.7. The van der Waals surface area contributed by atoms with Gasteiger partial charge in [-0.3, -0.25) is 4.79 Å². The lowest BCUT2D eigenvalue weighted by Gasteiger charge is -2.19. The molecule has 2 fully saturated rings. The van der Waals surface area contributed by atoms with Crippen LogP contribution in [0.4, 0.5) is 0 Å². The van der Waals surface area contributed by atoms with E-state index in [9.17, 15) is 4.79 Å². The van der Waals surface area contributed by atoms with Gasteiger partial charge in [-0.05, 0) is 25.8 Å². The molecule has 0 amide bonds. The molecular formula is C13H24N2O. The van der Waals surface area contributed by atoms with Crippen LogP contribution in [0.15, 0.2) is 0 Å². The third-order valence-electron chi connectivity index (χ3n) is 3.76. The molecule has 1 saturated carbocycles. The molecule has 0 aromatic heterocycles. The molecule has 92 valence electrons. The molecule has 1 saturated heterocycles. The van der Waals surface area contributed by atoms with E-state index in [1.807, 2.05) is 13.8 Å². The maximum Gasteiger partial charge on any atom is 0.135 e. The Morgan fingerprint density at radius 1 is 1.38 bits per heavy atom. The summed E-state index contributed by atoms with van der Waals surface area (Å²) in [6.45, 7) is 6.18. The summed E-state index contributed by atoms with van der Waals surface area (Å²) in [5.41, 5.74) is 0. The highest BCUT2D eigenvalue weighted by Crippen LogP contribution is 2.26. The van der Waals surface area contributed by atoms with Gasteiger partial charge in [0.2, 0.25) is 0 Å². The highest BCUT2D eigenvalue weighted by Gasteiger charge is 2.35. The summed E-state index contributed by atoms with van der Waals surface area (Å²) < 4.78 is 0. The maximum absolute atomic E-state index is 11.8. The molecule has 0 aromatic carbocycles. The molecule has 2 aliphatic rings. The number of Topliss-reactive ketones (excluding diaryl/α,β-unsaturated/α-hetero) is 1. The van der Waals surface area contributed by atoms with Gasteiger partial charge >= 0.3 is 0 Å². The van der Waals surface area contributed by atoms with Crippen LogP contribution in [0.2, 0.25) is 0 Å². The SMILES string of the molecule is CC(C)C(=O)CC1CN(C)CC1NC1CC1. The summed E-state index contributed by atoms with van der Waals surface area (Å²) >= 11 is 0. The summed E-state index contributed by atoms with van der Waals surface area (Å²) in [5.74, 6) is 1.14. The Hall–Kier alpha value is -0.410. The summed E-state index contributed by atoms with van der Waals surface area (Å²) in [7, 11) is 2.15. The van der Waals surface area contributed by atoms with E-state index in [2.05, 4.69) is 17.3 Å². The van der Waals surface area contributed by atoms with Crippen LogP contribution in [0.5, 0.6) is 0 Å². The third-order valence-corrected chi connectivity index (χ3v) is 3.76. The molecule has 2 atom stereocenters. The first-order valence-electron chi connectivity index (χ1n) is 6.53. The lowest BCUT2D eigenvalue weighted by atomic mass is 9.93. The molecule has 2 rings (SSSR count). The van der Waals surface area contributed by atoms with E-state index in [-0.39, 0.29) is 5.92 Å². The normalized spacial score (nSPS) is 31.2. The quantitative estimate of drug-likeness (QED) is 0.763. The predicted molar refractivity (Wildman–Crippen MR) is 65.4 cm³/mol. The molecule has 16 heavy (non-hydrogen) atoms. The summed E-state index contributed by atoms with van der Waals surface area (Å²) in [6.07, 6.45) is 3.41. The molecule has 1 N–H and O–H groups in total. The number of carbonyl (C=O) groups is 1. The van der Waals surface area contributed by atoms with E-state index in [1.165, 1.54) is 12.8 Å². The number of nitrogens with one attached hydrogen (secondary N) is 1. The van der Waals surface area contributed by atoms with Gasteiger partial charge in [-0.15, -0.1) is 0 Å². The zero-order valence-corrected chi connectivity index (χ0v) is 10.7. The fourth-order valence-electron chi connectivity index (χ4n) is 2.53. The molecule has 0 spiro atoms. The van der Waals surface area contributed by atoms with Crippen LogP contribution in [0.25, 0.3) is 0 Å². The van der Waals surface area contributed by atoms with E-state index in [4.69, 9.17) is 0 Å². The Kier molecular flexibility index (Phi) is 3.65. The number of ketones is 1. The summed E-state index contributed by atoms with van der Waals surface area (Å²) in [4.78, 5) is 14.2. The number of likely N-dealkylation sites (tertiary alicyclic amines) is 1. The molecule has 1 aliphatic carbocycles. The van der Waals surface area contributed by atoms with E-state index < -0.39 is 0 Å². The molecular weight excluding hydrogens is 200 g/mol. The zero-order chi connectivity index (χ0) is 11.7. The Labute approximate surface area is 98.6 Å². The molecule has 3 nitrogen and oxygen atoms in total. The second-order valence-electron chi connectivity index (χ2n) is 5.85. The first-order valence-corrected chi connectivity index (χ1v) is 6.53. The van der Waals surface area contributed by atoms with Crippen molar-refractivity contribution in [1.82, 2.24) is 10.2 Å². The number of carbonyl (C=O) groups excluding carboxylic acids is 1. The van der Waals surface area contributed by atoms with Crippen LogP contribution in [-0.4, -0.2) is 42.9 Å². The second kappa shape index (κ2) is 4.84. The Morgan fingerprint density at radius 2 is 2.06 bits per heavy atom. The number of rotatable bonds is 5. The molecule has 0 aromatic rings. The van der Waals surface area contributed by atoms with Crippen molar-refractivity contribution >= 4 is 5.78 Å². The number of hydrogen-bond acceptors (Lipinski definition) is 3. The Morgan fingerprint density at radius 3 is 2.62 bits per heavy atom. The highest BCUT2D eigenvalue weighted by molar-refractivity contribution is 5.80. The van der Waals surface area contributed by atoms with Gasteiger partial charge in [0.15, 0.2) is 0 Å². The van der Waals surface area contributed by atoms with Crippen LogP contribution < -0.4 is 5.32 Å².